The number of benzene rings is 8. The van der Waals surface area contributed by atoms with E-state index in [2.05, 4.69) is 243 Å². The van der Waals surface area contributed by atoms with Crippen LogP contribution in [0.5, 0.6) is 0 Å². The Morgan fingerprint density at radius 2 is 0.276 bits per heavy atom. The molecule has 0 atom stereocenters. The zero-order chi connectivity index (χ0) is 41.1. The van der Waals surface area contributed by atoms with E-state index in [1.54, 1.807) is 0 Å². The van der Waals surface area contributed by atoms with E-state index >= 15 is 0 Å². The van der Waals surface area contributed by atoms with Crippen molar-refractivity contribution in [2.75, 3.05) is 0 Å². The van der Waals surface area contributed by atoms with Crippen LogP contribution in [0.3, 0.4) is 0 Å². The SMILES string of the molecule is [Cl][Pd-]([Cl])[Cl].[Cl][Pd-]([Cl])[Cl].c1ccc([P+](c2ccccc2)(c2ccccc2)c2ccccc2)cc1.c1ccc([P+](c2ccccc2)(c2ccccc2)c2ccccc2)cc1. The van der Waals surface area contributed by atoms with Gasteiger partial charge < -0.3 is 0 Å². The van der Waals surface area contributed by atoms with Crippen molar-refractivity contribution in [3.63, 3.8) is 0 Å². The van der Waals surface area contributed by atoms with Crippen LogP contribution in [0.2, 0.25) is 0 Å². The van der Waals surface area contributed by atoms with Crippen LogP contribution in [0.1, 0.15) is 0 Å². The van der Waals surface area contributed by atoms with E-state index in [0.717, 1.165) is 0 Å². The molecule has 0 N–H and O–H groups in total. The van der Waals surface area contributed by atoms with Crippen LogP contribution in [-0.2, 0) is 27.4 Å². The zero-order valence-corrected chi connectivity index (χ0v) is 40.3. The van der Waals surface area contributed by atoms with Crippen molar-refractivity contribution in [2.24, 2.45) is 0 Å². The van der Waals surface area contributed by atoms with Gasteiger partial charge in [0.15, 0.2) is 0 Å². The predicted molar refractivity (Wildman–Crippen MR) is 258 cm³/mol. The third kappa shape index (κ3) is 12.4. The monoisotopic (exact) mass is 1100 g/mol. The minimum atomic E-state index is -1.91. The summed E-state index contributed by atoms with van der Waals surface area (Å²) in [5, 5.41) is 11.1. The molecule has 8 aromatic rings. The topological polar surface area (TPSA) is 0 Å². The maximum Gasteiger partial charge on any atom is 0.144 e. The van der Waals surface area contributed by atoms with Gasteiger partial charge in [-0.2, -0.15) is 0 Å². The van der Waals surface area contributed by atoms with Gasteiger partial charge >= 0.3 is 84.6 Å². The van der Waals surface area contributed by atoms with Crippen LogP contribution < -0.4 is 42.4 Å². The normalized spacial score (nSPS) is 11.2. The van der Waals surface area contributed by atoms with Crippen molar-refractivity contribution in [1.82, 2.24) is 0 Å². The third-order valence-corrected chi connectivity index (χ3v) is 17.7. The molecule has 8 aromatic carbocycles. The molecule has 0 fully saturated rings. The molecular formula is C48H40Cl6P2Pd2. The fourth-order valence-corrected chi connectivity index (χ4v) is 15.5. The van der Waals surface area contributed by atoms with Crippen LogP contribution in [0.25, 0.3) is 0 Å². The van der Waals surface area contributed by atoms with E-state index < -0.39 is 41.9 Å². The van der Waals surface area contributed by atoms with Crippen molar-refractivity contribution in [3.8, 4) is 0 Å². The molecule has 0 aliphatic carbocycles. The average Bonchev–Trinajstić information content (AvgIpc) is 3.27. The second-order valence-electron chi connectivity index (χ2n) is 12.3. The van der Waals surface area contributed by atoms with E-state index in [4.69, 9.17) is 57.2 Å². The Labute approximate surface area is 380 Å². The van der Waals surface area contributed by atoms with Crippen molar-refractivity contribution in [3.05, 3.63) is 243 Å². The molecule has 10 heteroatoms. The summed E-state index contributed by atoms with van der Waals surface area (Å²) in [6.45, 7) is 0. The average molecular weight is 1100 g/mol. The second kappa shape index (κ2) is 24.8. The molecule has 0 spiro atoms. The van der Waals surface area contributed by atoms with Crippen LogP contribution in [-0.4, -0.2) is 0 Å². The summed E-state index contributed by atoms with van der Waals surface area (Å²) >= 11 is -3.13. The van der Waals surface area contributed by atoms with Gasteiger partial charge in [-0.15, -0.1) is 0 Å². The Bertz CT molecular complexity index is 1800. The molecule has 0 saturated carbocycles. The Kier molecular flexibility index (Phi) is 20.0. The Morgan fingerprint density at radius 1 is 0.190 bits per heavy atom. The quantitative estimate of drug-likeness (QED) is 0.105. The Hall–Kier alpha value is -2.32. The molecule has 0 aliphatic heterocycles. The Balaban J connectivity index is 0.000000187. The molecule has 0 aliphatic rings. The van der Waals surface area contributed by atoms with Crippen molar-refractivity contribution >= 4 is 114 Å². The summed E-state index contributed by atoms with van der Waals surface area (Å²) in [5.74, 6) is 0. The first-order valence-corrected chi connectivity index (χ1v) is 33.4. The summed E-state index contributed by atoms with van der Waals surface area (Å²) in [5.41, 5.74) is 0. The number of hydrogen-bond acceptors (Lipinski definition) is 0. The molecule has 0 bridgehead atoms. The van der Waals surface area contributed by atoms with Gasteiger partial charge in [-0.25, -0.2) is 0 Å². The third-order valence-electron chi connectivity index (χ3n) is 9.15. The molecule has 58 heavy (non-hydrogen) atoms. The van der Waals surface area contributed by atoms with Crippen molar-refractivity contribution in [1.29, 1.82) is 0 Å². The van der Waals surface area contributed by atoms with Gasteiger partial charge in [-0.1, -0.05) is 146 Å². The van der Waals surface area contributed by atoms with Crippen LogP contribution >= 0.6 is 71.7 Å². The van der Waals surface area contributed by atoms with E-state index in [1.165, 1.54) is 42.4 Å². The molecule has 0 saturated heterocycles. The number of rotatable bonds is 8. The molecule has 0 heterocycles. The summed E-state index contributed by atoms with van der Waals surface area (Å²) in [4.78, 5) is 0. The molecular weight excluding hydrogens is 1060 g/mol. The molecule has 0 amide bonds. The number of hydrogen-bond donors (Lipinski definition) is 0. The van der Waals surface area contributed by atoms with Gasteiger partial charge in [0.25, 0.3) is 0 Å². The van der Waals surface area contributed by atoms with Gasteiger partial charge in [-0.05, 0) is 97.1 Å². The van der Waals surface area contributed by atoms with Gasteiger partial charge in [0.1, 0.15) is 57.0 Å². The van der Waals surface area contributed by atoms with E-state index in [0.29, 0.717) is 0 Å². The van der Waals surface area contributed by atoms with Gasteiger partial charge in [0, 0.05) is 0 Å². The fourth-order valence-electron chi connectivity index (χ4n) is 7.00. The molecule has 0 aromatic heterocycles. The maximum absolute atomic E-state index is 4.92. The molecule has 0 unspecified atom stereocenters. The summed E-state index contributed by atoms with van der Waals surface area (Å²) in [6, 6.07) is 87.7. The van der Waals surface area contributed by atoms with Crippen LogP contribution in [0.15, 0.2) is 243 Å². The van der Waals surface area contributed by atoms with Crippen molar-refractivity contribution < 1.29 is 27.4 Å². The smallest absolute Gasteiger partial charge is 0.0620 e. The van der Waals surface area contributed by atoms with Crippen LogP contribution in [0.4, 0.5) is 0 Å². The molecule has 0 radical (unpaired) electrons. The Morgan fingerprint density at radius 3 is 0.362 bits per heavy atom. The van der Waals surface area contributed by atoms with Gasteiger partial charge in [0.2, 0.25) is 0 Å². The maximum atomic E-state index is 4.92. The van der Waals surface area contributed by atoms with Crippen molar-refractivity contribution in [2.45, 2.75) is 0 Å². The molecule has 0 nitrogen and oxygen atoms in total. The predicted octanol–water partition coefficient (Wildman–Crippen LogP) is 12.7. The number of halogens is 6. The van der Waals surface area contributed by atoms with Gasteiger partial charge in [0.05, 0.1) is 0 Å². The van der Waals surface area contributed by atoms with Crippen LogP contribution in [0, 0.1) is 0 Å². The molecule has 8 rings (SSSR count). The summed E-state index contributed by atoms with van der Waals surface area (Å²) in [6.07, 6.45) is 0. The first-order valence-electron chi connectivity index (χ1n) is 17.8. The first kappa shape index (κ1) is 46.7. The van der Waals surface area contributed by atoms with E-state index in [9.17, 15) is 0 Å². The minimum Gasteiger partial charge on any atom is -0.0620 e. The second-order valence-corrected chi connectivity index (χ2v) is 33.3. The van der Waals surface area contributed by atoms with Gasteiger partial charge in [-0.3, -0.25) is 0 Å². The largest absolute Gasteiger partial charge is 0.144 e. The minimum absolute atomic E-state index is 1.39. The zero-order valence-electron chi connectivity index (χ0n) is 30.9. The summed E-state index contributed by atoms with van der Waals surface area (Å²) in [7, 11) is 25.7. The summed E-state index contributed by atoms with van der Waals surface area (Å²) < 4.78 is 0. The standard InChI is InChI=1S/2C24H20P.6ClH.2Pd/c2*1-5-13-21(14-6-1)25(22-15-7-2-8-16-22,23-17-9-3-10-18-23)24-19-11-4-12-20-24;;;;;;;;/h2*1-20H;6*1H;;/q2*+1;;;;;;;2*+2/p-6. The first-order chi connectivity index (χ1) is 28.3. The fraction of sp³-hybridized carbons (Fsp3) is 0. The van der Waals surface area contributed by atoms with E-state index in [-0.39, 0.29) is 0 Å². The van der Waals surface area contributed by atoms with E-state index in [1.807, 2.05) is 0 Å². The molecule has 304 valence electrons.